The predicted molar refractivity (Wildman–Crippen MR) is 65.2 cm³/mol. The molecule has 92 valence electrons. The Balaban J connectivity index is 1.96. The molecule has 2 unspecified atom stereocenters. The van der Waals surface area contributed by atoms with Crippen molar-refractivity contribution in [3.05, 3.63) is 0 Å². The van der Waals surface area contributed by atoms with Gasteiger partial charge in [0.1, 0.15) is 0 Å². The fourth-order valence-electron chi connectivity index (χ4n) is 3.09. The van der Waals surface area contributed by atoms with Crippen LogP contribution in [0.2, 0.25) is 0 Å². The molecule has 16 heavy (non-hydrogen) atoms. The first-order chi connectivity index (χ1) is 7.72. The van der Waals surface area contributed by atoms with E-state index in [4.69, 9.17) is 0 Å². The molecule has 0 aromatic heterocycles. The number of piperidine rings is 1. The second-order valence-corrected chi connectivity index (χ2v) is 5.34. The van der Waals surface area contributed by atoms with Crippen molar-refractivity contribution in [2.75, 3.05) is 26.7 Å². The molecule has 0 aromatic carbocycles. The van der Waals surface area contributed by atoms with Crippen LogP contribution in [-0.2, 0) is 4.79 Å². The Morgan fingerprint density at radius 3 is 2.69 bits per heavy atom. The fraction of sp³-hybridized carbons (Fsp3) is 0.923. The van der Waals surface area contributed by atoms with Crippen molar-refractivity contribution < 1.29 is 4.79 Å². The lowest BCUT2D eigenvalue weighted by atomic mass is 9.97. The van der Waals surface area contributed by atoms with E-state index in [0.717, 1.165) is 32.5 Å². The van der Waals surface area contributed by atoms with Crippen molar-refractivity contribution in [3.8, 4) is 0 Å². The number of likely N-dealkylation sites (tertiary alicyclic amines) is 2. The van der Waals surface area contributed by atoms with Crippen LogP contribution < -0.4 is 0 Å². The molecule has 0 N–H and O–H groups in total. The summed E-state index contributed by atoms with van der Waals surface area (Å²) in [4.78, 5) is 16.9. The van der Waals surface area contributed by atoms with Crippen LogP contribution >= 0.6 is 0 Å². The molecule has 0 aliphatic carbocycles. The third-order valence-electron chi connectivity index (χ3n) is 4.12. The van der Waals surface area contributed by atoms with E-state index in [1.54, 1.807) is 0 Å². The summed E-state index contributed by atoms with van der Waals surface area (Å²) in [6, 6.07) is 0.521. The molecule has 0 saturated carbocycles. The van der Waals surface area contributed by atoms with Gasteiger partial charge in [-0.1, -0.05) is 6.92 Å². The third-order valence-corrected chi connectivity index (χ3v) is 4.12. The van der Waals surface area contributed by atoms with E-state index in [9.17, 15) is 4.79 Å². The second kappa shape index (κ2) is 5.17. The van der Waals surface area contributed by atoms with Gasteiger partial charge in [0, 0.05) is 19.1 Å². The molecule has 0 spiro atoms. The zero-order valence-corrected chi connectivity index (χ0v) is 10.6. The lowest BCUT2D eigenvalue weighted by Crippen LogP contribution is -2.46. The first-order valence-electron chi connectivity index (χ1n) is 6.71. The molecule has 3 heteroatoms. The van der Waals surface area contributed by atoms with Crippen molar-refractivity contribution in [1.29, 1.82) is 0 Å². The topological polar surface area (TPSA) is 23.6 Å². The molecule has 2 rings (SSSR count). The molecule has 2 aliphatic heterocycles. The van der Waals surface area contributed by atoms with Crippen LogP contribution in [0.3, 0.4) is 0 Å². The molecule has 1 amide bonds. The van der Waals surface area contributed by atoms with E-state index >= 15 is 0 Å². The molecule has 2 heterocycles. The molecule has 2 atom stereocenters. The van der Waals surface area contributed by atoms with Crippen molar-refractivity contribution >= 4 is 5.91 Å². The number of amides is 1. The van der Waals surface area contributed by atoms with Gasteiger partial charge in [-0.2, -0.15) is 0 Å². The van der Waals surface area contributed by atoms with Crippen LogP contribution in [-0.4, -0.2) is 48.4 Å². The number of hydrogen-bond donors (Lipinski definition) is 0. The molecular formula is C13H24N2O. The Morgan fingerprint density at radius 1 is 1.25 bits per heavy atom. The number of hydrogen-bond acceptors (Lipinski definition) is 2. The van der Waals surface area contributed by atoms with Gasteiger partial charge in [-0.25, -0.2) is 0 Å². The van der Waals surface area contributed by atoms with Crippen LogP contribution in [0.25, 0.3) is 0 Å². The minimum atomic E-state index is 0.275. The zero-order valence-electron chi connectivity index (χ0n) is 10.6. The highest BCUT2D eigenvalue weighted by Gasteiger charge is 2.33. The highest BCUT2D eigenvalue weighted by Crippen LogP contribution is 2.24. The Kier molecular flexibility index (Phi) is 3.85. The van der Waals surface area contributed by atoms with Crippen LogP contribution in [0.15, 0.2) is 0 Å². The Labute approximate surface area is 98.8 Å². The van der Waals surface area contributed by atoms with Gasteiger partial charge in [-0.05, 0) is 45.7 Å². The van der Waals surface area contributed by atoms with Crippen molar-refractivity contribution in [2.45, 2.75) is 45.1 Å². The number of nitrogens with zero attached hydrogens (tertiary/aromatic N) is 2. The van der Waals surface area contributed by atoms with E-state index in [-0.39, 0.29) is 5.92 Å². The van der Waals surface area contributed by atoms with Gasteiger partial charge in [0.25, 0.3) is 0 Å². The molecular weight excluding hydrogens is 200 g/mol. The standard InChI is InChI=1S/C13H24N2O/c1-3-12-6-4-5-8-15(12)13(16)11-7-9-14(2)10-11/h11-12H,3-10H2,1-2H3. The second-order valence-electron chi connectivity index (χ2n) is 5.34. The van der Waals surface area contributed by atoms with Crippen LogP contribution in [0.4, 0.5) is 0 Å². The SMILES string of the molecule is CCC1CCCCN1C(=O)C1CCN(C)C1. The minimum Gasteiger partial charge on any atom is -0.339 e. The van der Waals surface area contributed by atoms with Crippen molar-refractivity contribution in [2.24, 2.45) is 5.92 Å². The normalized spacial score (nSPS) is 32.0. The van der Waals surface area contributed by atoms with Crippen molar-refractivity contribution in [3.63, 3.8) is 0 Å². The lowest BCUT2D eigenvalue weighted by molar-refractivity contribution is -0.138. The molecule has 0 bridgehead atoms. The van der Waals surface area contributed by atoms with Gasteiger partial charge in [0.05, 0.1) is 5.92 Å². The maximum absolute atomic E-state index is 12.4. The average molecular weight is 224 g/mol. The molecule has 3 nitrogen and oxygen atoms in total. The van der Waals surface area contributed by atoms with Gasteiger partial charge in [0.15, 0.2) is 0 Å². The van der Waals surface area contributed by atoms with Crippen LogP contribution in [0.5, 0.6) is 0 Å². The van der Waals surface area contributed by atoms with Gasteiger partial charge in [-0.15, -0.1) is 0 Å². The zero-order chi connectivity index (χ0) is 11.5. The highest BCUT2D eigenvalue weighted by molar-refractivity contribution is 5.79. The Bertz CT molecular complexity index is 254. The van der Waals surface area contributed by atoms with E-state index in [1.165, 1.54) is 19.3 Å². The van der Waals surface area contributed by atoms with Crippen LogP contribution in [0, 0.1) is 5.92 Å². The average Bonchev–Trinajstić information content (AvgIpc) is 2.75. The summed E-state index contributed by atoms with van der Waals surface area (Å²) in [5.41, 5.74) is 0. The number of carbonyl (C=O) groups excluding carboxylic acids is 1. The van der Waals surface area contributed by atoms with E-state index in [1.807, 2.05) is 0 Å². The van der Waals surface area contributed by atoms with Gasteiger partial charge < -0.3 is 9.80 Å². The summed E-state index contributed by atoms with van der Waals surface area (Å²) in [5, 5.41) is 0. The third kappa shape index (κ3) is 2.40. The molecule has 2 fully saturated rings. The maximum atomic E-state index is 12.4. The lowest BCUT2D eigenvalue weighted by Gasteiger charge is -2.36. The molecule has 2 saturated heterocycles. The van der Waals surface area contributed by atoms with E-state index in [2.05, 4.69) is 23.8 Å². The first-order valence-corrected chi connectivity index (χ1v) is 6.71. The molecule has 0 radical (unpaired) electrons. The van der Waals surface area contributed by atoms with Gasteiger partial charge >= 0.3 is 0 Å². The maximum Gasteiger partial charge on any atom is 0.227 e. The summed E-state index contributed by atoms with van der Waals surface area (Å²) >= 11 is 0. The highest BCUT2D eigenvalue weighted by atomic mass is 16.2. The van der Waals surface area contributed by atoms with Crippen molar-refractivity contribution in [1.82, 2.24) is 9.80 Å². The smallest absolute Gasteiger partial charge is 0.227 e. The quantitative estimate of drug-likeness (QED) is 0.713. The number of carbonyl (C=O) groups is 1. The summed E-state index contributed by atoms with van der Waals surface area (Å²) in [5.74, 6) is 0.702. The predicted octanol–water partition coefficient (Wildman–Crippen LogP) is 1.73. The Hall–Kier alpha value is -0.570. The van der Waals surface area contributed by atoms with E-state index < -0.39 is 0 Å². The fourth-order valence-corrected chi connectivity index (χ4v) is 3.09. The summed E-state index contributed by atoms with van der Waals surface area (Å²) in [6.07, 6.45) is 5.89. The molecule has 0 aromatic rings. The first kappa shape index (κ1) is 11.9. The number of rotatable bonds is 2. The van der Waals surface area contributed by atoms with E-state index in [0.29, 0.717) is 11.9 Å². The monoisotopic (exact) mass is 224 g/mol. The molecule has 2 aliphatic rings. The largest absolute Gasteiger partial charge is 0.339 e. The summed E-state index contributed by atoms with van der Waals surface area (Å²) in [7, 11) is 2.11. The van der Waals surface area contributed by atoms with Gasteiger partial charge in [-0.3, -0.25) is 4.79 Å². The minimum absolute atomic E-state index is 0.275. The van der Waals surface area contributed by atoms with Crippen LogP contribution in [0.1, 0.15) is 39.0 Å². The Morgan fingerprint density at radius 2 is 2.06 bits per heavy atom. The summed E-state index contributed by atoms with van der Waals surface area (Å²) < 4.78 is 0. The van der Waals surface area contributed by atoms with Gasteiger partial charge in [0.2, 0.25) is 5.91 Å². The summed E-state index contributed by atoms with van der Waals surface area (Å²) in [6.45, 7) is 5.25.